The summed E-state index contributed by atoms with van der Waals surface area (Å²) < 4.78 is 21.9. The molecule has 2 aromatic heterocycles. The van der Waals surface area contributed by atoms with Crippen LogP contribution in [0.2, 0.25) is 0 Å². The second-order valence-electron chi connectivity index (χ2n) is 12.1. The molecule has 7 rings (SSSR count). The van der Waals surface area contributed by atoms with E-state index >= 15 is 0 Å². The van der Waals surface area contributed by atoms with Gasteiger partial charge in [0.15, 0.2) is 0 Å². The van der Waals surface area contributed by atoms with E-state index in [9.17, 15) is 18.8 Å². The van der Waals surface area contributed by atoms with E-state index in [1.807, 2.05) is 26.8 Å². The molecule has 4 aliphatic rings. The Morgan fingerprint density at radius 3 is 2.45 bits per heavy atom. The van der Waals surface area contributed by atoms with Gasteiger partial charge >= 0.3 is 5.97 Å². The summed E-state index contributed by atoms with van der Waals surface area (Å²) in [6.45, 7) is 12.3. The first-order valence-electron chi connectivity index (χ1n) is 16.3. The lowest BCUT2D eigenvalue weighted by Crippen LogP contribution is -2.34. The molecule has 0 bridgehead atoms. The average Bonchev–Trinajstić information content (AvgIpc) is 3.65. The molecule has 8 nitrogen and oxygen atoms in total. The van der Waals surface area contributed by atoms with Crippen molar-refractivity contribution in [3.8, 4) is 11.4 Å². The van der Waals surface area contributed by atoms with Crippen LogP contribution in [0.4, 0.5) is 4.39 Å². The van der Waals surface area contributed by atoms with Crippen LogP contribution in [0.1, 0.15) is 118 Å². The zero-order valence-corrected chi connectivity index (χ0v) is 26.8. The molecule has 9 heteroatoms. The quantitative estimate of drug-likeness (QED) is 0.266. The highest BCUT2D eigenvalue weighted by atomic mass is 19.1. The lowest BCUT2D eigenvalue weighted by atomic mass is 9.81. The molecule has 4 atom stereocenters. The zero-order chi connectivity index (χ0) is 31.9. The molecule has 4 unspecified atom stereocenters. The molecule has 1 amide bonds. The molecule has 44 heavy (non-hydrogen) atoms. The number of cyclic esters (lactones) is 1. The number of fused-ring (bicyclic) bond motifs is 5. The van der Waals surface area contributed by atoms with Crippen molar-refractivity contribution >= 4 is 22.8 Å². The molecule has 3 N–H and O–H groups in total. The van der Waals surface area contributed by atoms with E-state index in [2.05, 4.69) is 19.2 Å². The topological polar surface area (TPSA) is 116 Å². The number of aromatic nitrogens is 2. The van der Waals surface area contributed by atoms with E-state index in [0.717, 1.165) is 22.1 Å². The fraction of sp³-hybridized carbons (Fsp3) is 0.543. The lowest BCUT2D eigenvalue weighted by molar-refractivity contribution is -0.148. The van der Waals surface area contributed by atoms with Crippen molar-refractivity contribution in [2.45, 2.75) is 118 Å². The number of amides is 1. The van der Waals surface area contributed by atoms with Gasteiger partial charge in [-0.15, -0.1) is 0 Å². The molecule has 2 aliphatic carbocycles. The van der Waals surface area contributed by atoms with Gasteiger partial charge in [-0.05, 0) is 60.9 Å². The van der Waals surface area contributed by atoms with Crippen LogP contribution in [0.5, 0.6) is 0 Å². The predicted molar refractivity (Wildman–Crippen MR) is 170 cm³/mol. The van der Waals surface area contributed by atoms with E-state index in [0.29, 0.717) is 65.8 Å². The number of esters is 1. The highest BCUT2D eigenvalue weighted by Gasteiger charge is 2.42. The van der Waals surface area contributed by atoms with Crippen LogP contribution in [0.25, 0.3) is 22.3 Å². The molecule has 3 aromatic rings. The minimum atomic E-state index is -0.508. The first kappa shape index (κ1) is 31.8. The normalized spacial score (nSPS) is 22.0. The Hall–Kier alpha value is -3.59. The third-order valence-electron chi connectivity index (χ3n) is 9.40. The van der Waals surface area contributed by atoms with E-state index in [-0.39, 0.29) is 47.9 Å². The third kappa shape index (κ3) is 5.33. The second kappa shape index (κ2) is 12.8. The van der Waals surface area contributed by atoms with Crippen LogP contribution < -0.4 is 16.6 Å². The third-order valence-corrected chi connectivity index (χ3v) is 9.40. The number of nitrogens with one attached hydrogen (secondary N) is 1. The van der Waals surface area contributed by atoms with Gasteiger partial charge in [0.25, 0.3) is 5.56 Å². The standard InChI is InChI=1S/C28H27FN4O4.C5H12.C2H6/c1-3-12-14-7-22-25-16(9-33(22)27(35)17(14)10-37-28(12)36)24-20(32-26(34)15-6-19(15)30)5-4-13-11(2)18(29)8-21(31-25)23(13)24;1-3-5-4-2;1-2/h7-8,12,15,19-20H,3-6,9-10,30H2,1-2H3,(H,32,34);3-5H2,1-2H3;1-2H3. The molecule has 2 aliphatic heterocycles. The van der Waals surface area contributed by atoms with E-state index < -0.39 is 5.92 Å². The number of ether oxygens (including phenoxy) is 1. The van der Waals surface area contributed by atoms with Crippen molar-refractivity contribution in [3.05, 3.63) is 61.7 Å². The number of hydrogen-bond acceptors (Lipinski definition) is 6. The van der Waals surface area contributed by atoms with Crippen LogP contribution in [0.3, 0.4) is 0 Å². The largest absolute Gasteiger partial charge is 0.460 e. The number of nitrogens with zero attached hydrogens (tertiary/aromatic N) is 2. The number of unbranched alkanes of at least 4 members (excludes halogenated alkanes) is 2. The molecule has 0 saturated heterocycles. The summed E-state index contributed by atoms with van der Waals surface area (Å²) in [7, 11) is 0. The van der Waals surface area contributed by atoms with Crippen LogP contribution in [0.15, 0.2) is 16.9 Å². The molecule has 4 heterocycles. The van der Waals surface area contributed by atoms with Gasteiger partial charge in [-0.25, -0.2) is 9.37 Å². The fourth-order valence-electron chi connectivity index (χ4n) is 6.87. The summed E-state index contributed by atoms with van der Waals surface area (Å²) in [4.78, 5) is 43.8. The maximum absolute atomic E-state index is 15.0. The van der Waals surface area contributed by atoms with Gasteiger partial charge in [-0.3, -0.25) is 14.4 Å². The molecular weight excluding hydrogens is 559 g/mol. The number of halogens is 1. The maximum atomic E-state index is 15.0. The first-order valence-corrected chi connectivity index (χ1v) is 16.3. The highest BCUT2D eigenvalue weighted by molar-refractivity contribution is 5.94. The number of carbonyl (C=O) groups excluding carboxylic acids is 2. The zero-order valence-electron chi connectivity index (χ0n) is 26.8. The fourth-order valence-corrected chi connectivity index (χ4v) is 6.87. The number of aryl methyl sites for hydroxylation is 1. The number of nitrogens with two attached hydrogens (primary N) is 1. The van der Waals surface area contributed by atoms with Crippen molar-refractivity contribution in [1.82, 2.24) is 14.9 Å². The van der Waals surface area contributed by atoms with Gasteiger partial charge in [-0.1, -0.05) is 53.9 Å². The van der Waals surface area contributed by atoms with Gasteiger partial charge in [0.05, 0.1) is 46.9 Å². The van der Waals surface area contributed by atoms with Gasteiger partial charge in [0.1, 0.15) is 12.4 Å². The number of hydrogen-bond donors (Lipinski definition) is 2. The second-order valence-corrected chi connectivity index (χ2v) is 12.1. The minimum Gasteiger partial charge on any atom is -0.460 e. The number of pyridine rings is 2. The Morgan fingerprint density at radius 2 is 1.84 bits per heavy atom. The number of benzene rings is 1. The summed E-state index contributed by atoms with van der Waals surface area (Å²) in [5, 5.41) is 4.07. The van der Waals surface area contributed by atoms with Gasteiger partial charge in [0.2, 0.25) is 5.91 Å². The van der Waals surface area contributed by atoms with Crippen molar-refractivity contribution in [2.24, 2.45) is 11.7 Å². The Balaban J connectivity index is 0.000000502. The summed E-state index contributed by atoms with van der Waals surface area (Å²) in [5.74, 6) is -1.41. The van der Waals surface area contributed by atoms with Gasteiger partial charge in [0, 0.05) is 23.1 Å². The van der Waals surface area contributed by atoms with Crippen molar-refractivity contribution in [2.75, 3.05) is 0 Å². The minimum absolute atomic E-state index is 0.0444. The molecule has 0 spiro atoms. The summed E-state index contributed by atoms with van der Waals surface area (Å²) in [5.41, 5.74) is 11.9. The summed E-state index contributed by atoms with van der Waals surface area (Å²) in [6, 6.07) is 2.93. The Morgan fingerprint density at radius 1 is 1.14 bits per heavy atom. The highest BCUT2D eigenvalue weighted by Crippen LogP contribution is 2.46. The molecular formula is C35H45FN4O4. The SMILES string of the molecule is CC.CCC1C(=O)OCc2c1cc1n(c2=O)Cc2c-1nc1cc(F)c(C)c3c1c2C(NC(=O)C1CC1N)CC3.CCCCC. The van der Waals surface area contributed by atoms with E-state index in [4.69, 9.17) is 15.5 Å². The molecule has 0 radical (unpaired) electrons. The predicted octanol–water partition coefficient (Wildman–Crippen LogP) is 6.10. The van der Waals surface area contributed by atoms with Crippen molar-refractivity contribution in [3.63, 3.8) is 0 Å². The Labute approximate surface area is 258 Å². The molecule has 1 saturated carbocycles. The van der Waals surface area contributed by atoms with Gasteiger partial charge in [-0.2, -0.15) is 0 Å². The molecule has 1 aromatic carbocycles. The monoisotopic (exact) mass is 604 g/mol. The van der Waals surface area contributed by atoms with E-state index in [1.165, 1.54) is 25.3 Å². The van der Waals surface area contributed by atoms with Crippen LogP contribution in [-0.4, -0.2) is 27.5 Å². The number of carbonyl (C=O) groups is 2. The average molecular weight is 605 g/mol. The molecule has 236 valence electrons. The van der Waals surface area contributed by atoms with Crippen LogP contribution in [0, 0.1) is 18.7 Å². The molecule has 1 fully saturated rings. The Bertz CT molecular complexity index is 1680. The first-order chi connectivity index (χ1) is 21.2. The summed E-state index contributed by atoms with van der Waals surface area (Å²) >= 11 is 0. The van der Waals surface area contributed by atoms with Crippen LogP contribution >= 0.6 is 0 Å². The van der Waals surface area contributed by atoms with Gasteiger partial charge < -0.3 is 20.4 Å². The number of rotatable bonds is 5. The lowest BCUT2D eigenvalue weighted by Gasteiger charge is -2.30. The smallest absolute Gasteiger partial charge is 0.313 e. The summed E-state index contributed by atoms with van der Waals surface area (Å²) in [6.07, 6.45) is 6.51. The van der Waals surface area contributed by atoms with Crippen molar-refractivity contribution < 1.29 is 18.7 Å². The van der Waals surface area contributed by atoms with Crippen molar-refractivity contribution in [1.29, 1.82) is 0 Å². The maximum Gasteiger partial charge on any atom is 0.313 e. The Kier molecular flexibility index (Phi) is 9.25. The van der Waals surface area contributed by atoms with Crippen LogP contribution in [-0.2, 0) is 33.9 Å². The van der Waals surface area contributed by atoms with E-state index in [1.54, 1.807) is 11.5 Å².